The molecule has 4 aliphatic heterocycles. The second-order valence-electron chi connectivity index (χ2n) is 19.4. The van der Waals surface area contributed by atoms with Crippen LogP contribution in [-0.4, -0.2) is 12.0 Å². The fourth-order valence-electron chi connectivity index (χ4n) is 15.4. The molecule has 58 heavy (non-hydrogen) atoms. The molecule has 0 aromatic heterocycles. The van der Waals surface area contributed by atoms with E-state index in [4.69, 9.17) is 0 Å². The second kappa shape index (κ2) is 10.7. The molecule has 15 rings (SSSR count). The average molecular weight is 763 g/mol. The summed E-state index contributed by atoms with van der Waals surface area (Å²) in [4.78, 5) is 6.74. The molecule has 4 heterocycles. The Morgan fingerprint density at radius 2 is 1.38 bits per heavy atom. The van der Waals surface area contributed by atoms with Gasteiger partial charge in [0.05, 0.1) is 5.69 Å². The minimum Gasteiger partial charge on any atom is -0.311 e. The van der Waals surface area contributed by atoms with Crippen LogP contribution in [0.15, 0.2) is 144 Å². The van der Waals surface area contributed by atoms with Crippen LogP contribution >= 0.6 is 11.8 Å². The summed E-state index contributed by atoms with van der Waals surface area (Å²) in [5.41, 5.74) is 23.4. The van der Waals surface area contributed by atoms with E-state index in [1.807, 2.05) is 11.8 Å². The van der Waals surface area contributed by atoms with Crippen molar-refractivity contribution < 1.29 is 0 Å². The van der Waals surface area contributed by atoms with Gasteiger partial charge in [0, 0.05) is 44.0 Å². The maximum absolute atomic E-state index is 2.73. The number of aryl methyl sites for hydroxylation is 1. The maximum atomic E-state index is 2.73. The third kappa shape index (κ3) is 3.61. The van der Waals surface area contributed by atoms with Crippen molar-refractivity contribution in [3.8, 4) is 0 Å². The van der Waals surface area contributed by atoms with Crippen molar-refractivity contribution >= 4 is 80.1 Å². The summed E-state index contributed by atoms with van der Waals surface area (Å²) >= 11 is 2.04. The molecule has 2 nitrogen and oxygen atoms in total. The van der Waals surface area contributed by atoms with E-state index in [0.717, 1.165) is 30.1 Å². The predicted octanol–water partition coefficient (Wildman–Crippen LogP) is 11.5. The van der Waals surface area contributed by atoms with Crippen molar-refractivity contribution in [3.63, 3.8) is 0 Å². The molecule has 4 heteroatoms. The topological polar surface area (TPSA) is 6.48 Å². The Labute approximate surface area is 345 Å². The highest BCUT2D eigenvalue weighted by atomic mass is 32.2. The average Bonchev–Trinajstić information content (AvgIpc) is 3.84. The quantitative estimate of drug-likeness (QED) is 0.162. The van der Waals surface area contributed by atoms with E-state index in [0.29, 0.717) is 10.7 Å². The first-order valence-corrected chi connectivity index (χ1v) is 22.8. The van der Waals surface area contributed by atoms with Crippen LogP contribution in [0.3, 0.4) is 0 Å². The lowest BCUT2D eigenvalue weighted by Crippen LogP contribution is -2.67. The molecule has 5 atom stereocenters. The lowest BCUT2D eigenvalue weighted by molar-refractivity contribution is -0.0844. The van der Waals surface area contributed by atoms with Gasteiger partial charge in [-0.15, -0.1) is 11.8 Å². The van der Waals surface area contributed by atoms with Crippen LogP contribution in [0.4, 0.5) is 34.1 Å². The molecule has 9 aliphatic rings. The van der Waals surface area contributed by atoms with E-state index < -0.39 is 0 Å². The Balaban J connectivity index is 0.959. The third-order valence-corrected chi connectivity index (χ3v) is 18.3. The SMILES string of the molecule is Cc1ccc(N2c3cc(C4=CC=C5c6ccccc6SC5C4)ccc3B3c4cccc5c4N(c4ccccc4C54C5CC6CC7CC4C5(C6)C7)c4cccc2c43)cc1. The molecule has 2 spiro atoms. The van der Waals surface area contributed by atoms with Crippen LogP contribution in [0.5, 0.6) is 0 Å². The van der Waals surface area contributed by atoms with Gasteiger partial charge in [-0.3, -0.25) is 0 Å². The number of para-hydroxylation sites is 2. The van der Waals surface area contributed by atoms with Gasteiger partial charge in [0.1, 0.15) is 0 Å². The highest BCUT2D eigenvalue weighted by Crippen LogP contribution is 2.85. The van der Waals surface area contributed by atoms with E-state index in [-0.39, 0.29) is 12.1 Å². The number of rotatable bonds is 2. The van der Waals surface area contributed by atoms with Crippen LogP contribution in [0.2, 0.25) is 0 Å². The molecule has 3 bridgehead atoms. The first-order valence-electron chi connectivity index (χ1n) is 21.9. The first kappa shape index (κ1) is 31.8. The zero-order chi connectivity index (χ0) is 37.6. The van der Waals surface area contributed by atoms with E-state index in [1.165, 1.54) is 115 Å². The number of fused-ring (bicyclic) bond motifs is 15. The Morgan fingerprint density at radius 3 is 2.24 bits per heavy atom. The molecular formula is C54H43BN2S. The summed E-state index contributed by atoms with van der Waals surface area (Å²) in [5.74, 6) is 3.37. The Morgan fingerprint density at radius 1 is 0.638 bits per heavy atom. The van der Waals surface area contributed by atoms with E-state index in [9.17, 15) is 0 Å². The molecule has 0 amide bonds. The number of benzene rings is 6. The third-order valence-electron chi connectivity index (χ3n) is 17.0. The van der Waals surface area contributed by atoms with Gasteiger partial charge in [-0.05, 0) is 167 Å². The van der Waals surface area contributed by atoms with Gasteiger partial charge in [0.15, 0.2) is 0 Å². The van der Waals surface area contributed by atoms with Crippen molar-refractivity contribution in [2.45, 2.75) is 61.0 Å². The van der Waals surface area contributed by atoms with Crippen molar-refractivity contribution in [2.24, 2.45) is 29.1 Å². The molecule has 4 fully saturated rings. The Hall–Kier alpha value is -5.19. The number of hydrogen-bond donors (Lipinski definition) is 0. The van der Waals surface area contributed by atoms with Crippen molar-refractivity contribution in [2.75, 3.05) is 9.80 Å². The van der Waals surface area contributed by atoms with Crippen LogP contribution in [-0.2, 0) is 5.41 Å². The Kier molecular flexibility index (Phi) is 5.86. The summed E-state index contributed by atoms with van der Waals surface area (Å²) in [5, 5.41) is 0.469. The fourth-order valence-corrected chi connectivity index (χ4v) is 16.8. The first-order chi connectivity index (χ1) is 28.6. The molecule has 0 N–H and O–H groups in total. The number of anilines is 6. The fraction of sp³-hybridized carbons (Fsp3) is 0.259. The normalized spacial score (nSPS) is 30.1. The van der Waals surface area contributed by atoms with Gasteiger partial charge in [-0.2, -0.15) is 0 Å². The maximum Gasteiger partial charge on any atom is 0.252 e. The van der Waals surface area contributed by atoms with Gasteiger partial charge >= 0.3 is 0 Å². The lowest BCUT2D eigenvalue weighted by atomic mass is 9.31. The van der Waals surface area contributed by atoms with Crippen molar-refractivity contribution in [1.82, 2.24) is 0 Å². The molecule has 6 aromatic carbocycles. The van der Waals surface area contributed by atoms with E-state index in [2.05, 4.69) is 156 Å². The van der Waals surface area contributed by atoms with E-state index >= 15 is 0 Å². The van der Waals surface area contributed by atoms with Crippen LogP contribution in [0, 0.1) is 36.0 Å². The van der Waals surface area contributed by atoms with Gasteiger partial charge < -0.3 is 9.80 Å². The molecule has 278 valence electrons. The van der Waals surface area contributed by atoms with Crippen LogP contribution in [0.1, 0.15) is 66.3 Å². The number of thioether (sulfide) groups is 1. The summed E-state index contributed by atoms with van der Waals surface area (Å²) in [6.07, 6.45) is 13.2. The van der Waals surface area contributed by atoms with Crippen molar-refractivity contribution in [3.05, 3.63) is 167 Å². The lowest BCUT2D eigenvalue weighted by Gasteiger charge is -2.68. The monoisotopic (exact) mass is 762 g/mol. The predicted molar refractivity (Wildman–Crippen MR) is 242 cm³/mol. The Bertz CT molecular complexity index is 2900. The molecule has 4 saturated carbocycles. The van der Waals surface area contributed by atoms with Gasteiger partial charge in [0.25, 0.3) is 6.71 Å². The standard InChI is InChI=1S/C54H43BN2S/c1-31-16-20-36(21-17-31)56-44-13-7-14-45-51(44)55(41-23-19-34(27-46(41)56)35-18-22-38-37-8-2-5-15-47(37)58-48(38)28-35)42-11-6-10-40-52(42)57(45)43-12-4-3-9-39(43)54(40)49-25-32-24-33-26-50(54)53(49,29-32)30-33/h2-23,27,32-33,48-50H,24-26,28-30H2,1H3. The van der Waals surface area contributed by atoms with Crippen LogP contribution < -0.4 is 26.2 Å². The highest BCUT2D eigenvalue weighted by molar-refractivity contribution is 8.00. The highest BCUT2D eigenvalue weighted by Gasteiger charge is 2.79. The largest absolute Gasteiger partial charge is 0.311 e. The van der Waals surface area contributed by atoms with Crippen LogP contribution in [0.25, 0.3) is 11.1 Å². The van der Waals surface area contributed by atoms with Gasteiger partial charge in [-0.25, -0.2) is 0 Å². The minimum absolute atomic E-state index is 0.116. The molecule has 6 aromatic rings. The number of nitrogens with zero attached hydrogens (tertiary/aromatic N) is 2. The van der Waals surface area contributed by atoms with Gasteiger partial charge in [0.2, 0.25) is 0 Å². The zero-order valence-corrected chi connectivity index (χ0v) is 33.6. The second-order valence-corrected chi connectivity index (χ2v) is 20.6. The minimum atomic E-state index is 0.116. The summed E-state index contributed by atoms with van der Waals surface area (Å²) in [6, 6.07) is 50.1. The number of hydrogen-bond acceptors (Lipinski definition) is 3. The summed E-state index contributed by atoms with van der Waals surface area (Å²) in [7, 11) is 0. The van der Waals surface area contributed by atoms with Gasteiger partial charge in [-0.1, -0.05) is 103 Å². The number of allylic oxidation sites excluding steroid dienone is 3. The molecule has 0 radical (unpaired) electrons. The van der Waals surface area contributed by atoms with E-state index in [1.54, 1.807) is 11.1 Å². The molecule has 5 unspecified atom stereocenters. The molecular weight excluding hydrogens is 719 g/mol. The summed E-state index contributed by atoms with van der Waals surface area (Å²) in [6.45, 7) is 2.35. The zero-order valence-electron chi connectivity index (χ0n) is 32.8. The van der Waals surface area contributed by atoms with Crippen molar-refractivity contribution in [1.29, 1.82) is 0 Å². The molecule has 0 saturated heterocycles. The molecule has 5 aliphatic carbocycles. The smallest absolute Gasteiger partial charge is 0.252 e. The summed E-state index contributed by atoms with van der Waals surface area (Å²) < 4.78 is 0.